The van der Waals surface area contributed by atoms with Crippen molar-refractivity contribution in [3.05, 3.63) is 17.7 Å². The van der Waals surface area contributed by atoms with Gasteiger partial charge in [0.1, 0.15) is 6.61 Å². The van der Waals surface area contributed by atoms with Crippen molar-refractivity contribution in [2.24, 2.45) is 0 Å². The molecule has 0 bridgehead atoms. The smallest absolute Gasteiger partial charge is 0.219 e. The molecule has 72 valence electrons. The summed E-state index contributed by atoms with van der Waals surface area (Å²) in [4.78, 5) is 4.21. The average molecular weight is 189 g/mol. The molecule has 3 nitrogen and oxygen atoms in total. The van der Waals surface area contributed by atoms with Crippen LogP contribution in [0.3, 0.4) is 0 Å². The Morgan fingerprint density at radius 3 is 3.36 bits per heavy atom. The normalized spacial score (nSPS) is 12.8. The van der Waals surface area contributed by atoms with Crippen LogP contribution < -0.4 is 9.47 Å². The topological polar surface area (TPSA) is 31.4 Å². The van der Waals surface area contributed by atoms with Gasteiger partial charge in [-0.15, -0.1) is 12.3 Å². The molecule has 0 N–H and O–H groups in total. The Labute approximate surface area is 83.1 Å². The number of ether oxygens (including phenoxy) is 2. The maximum Gasteiger partial charge on any atom is 0.219 e. The summed E-state index contributed by atoms with van der Waals surface area (Å²) < 4.78 is 10.7. The second-order valence-corrected chi connectivity index (χ2v) is 3.01. The van der Waals surface area contributed by atoms with Gasteiger partial charge in [0.15, 0.2) is 0 Å². The van der Waals surface area contributed by atoms with Crippen LogP contribution >= 0.6 is 0 Å². The molecule has 1 aromatic rings. The van der Waals surface area contributed by atoms with Gasteiger partial charge in [-0.1, -0.05) is 0 Å². The van der Waals surface area contributed by atoms with Crippen LogP contribution in [-0.2, 0) is 6.42 Å². The van der Waals surface area contributed by atoms with Crippen molar-refractivity contribution in [2.45, 2.75) is 12.8 Å². The highest BCUT2D eigenvalue weighted by atomic mass is 16.5. The van der Waals surface area contributed by atoms with E-state index in [1.807, 2.05) is 12.1 Å². The van der Waals surface area contributed by atoms with E-state index in [0.29, 0.717) is 24.8 Å². The fourth-order valence-electron chi connectivity index (χ4n) is 1.32. The highest BCUT2D eigenvalue weighted by Gasteiger charge is 2.13. The van der Waals surface area contributed by atoms with Crippen LogP contribution in [0.25, 0.3) is 0 Å². The molecular formula is C11H11NO2. The van der Waals surface area contributed by atoms with Crippen LogP contribution in [0.4, 0.5) is 0 Å². The highest BCUT2D eigenvalue weighted by Crippen LogP contribution is 2.25. The van der Waals surface area contributed by atoms with Gasteiger partial charge in [0, 0.05) is 24.5 Å². The molecule has 0 amide bonds. The van der Waals surface area contributed by atoms with E-state index in [-0.39, 0.29) is 0 Å². The summed E-state index contributed by atoms with van der Waals surface area (Å²) in [6, 6.07) is 3.84. The number of pyridine rings is 1. The van der Waals surface area contributed by atoms with Crippen LogP contribution in [0.2, 0.25) is 0 Å². The van der Waals surface area contributed by atoms with Gasteiger partial charge in [0.05, 0.1) is 6.61 Å². The van der Waals surface area contributed by atoms with E-state index in [4.69, 9.17) is 15.9 Å². The van der Waals surface area contributed by atoms with Crippen molar-refractivity contribution in [2.75, 3.05) is 13.2 Å². The molecule has 0 unspecified atom stereocenters. The minimum Gasteiger partial charge on any atom is -0.477 e. The predicted molar refractivity (Wildman–Crippen MR) is 52.4 cm³/mol. The van der Waals surface area contributed by atoms with Crippen LogP contribution in [0.1, 0.15) is 12.0 Å². The minimum atomic E-state index is 0.502. The van der Waals surface area contributed by atoms with E-state index in [1.54, 1.807) is 0 Å². The maximum atomic E-state index is 5.34. The third kappa shape index (κ3) is 1.80. The number of rotatable bonds is 3. The van der Waals surface area contributed by atoms with Gasteiger partial charge < -0.3 is 9.47 Å². The van der Waals surface area contributed by atoms with E-state index < -0.39 is 0 Å². The van der Waals surface area contributed by atoms with Crippen LogP contribution in [0, 0.1) is 12.3 Å². The van der Waals surface area contributed by atoms with Gasteiger partial charge in [-0.2, -0.15) is 4.98 Å². The quantitative estimate of drug-likeness (QED) is 0.532. The molecule has 0 saturated carbocycles. The summed E-state index contributed by atoms with van der Waals surface area (Å²) in [5.74, 6) is 3.79. The molecule has 0 aliphatic carbocycles. The Balaban J connectivity index is 2.02. The number of hydrogen-bond donors (Lipinski definition) is 0. The molecule has 0 atom stereocenters. The first-order valence-electron chi connectivity index (χ1n) is 4.59. The van der Waals surface area contributed by atoms with Gasteiger partial charge >= 0.3 is 0 Å². The molecule has 0 aromatic carbocycles. The Hall–Kier alpha value is -1.69. The summed E-state index contributed by atoms with van der Waals surface area (Å²) in [7, 11) is 0. The largest absolute Gasteiger partial charge is 0.477 e. The molecule has 0 radical (unpaired) electrons. The molecule has 1 aliphatic heterocycles. The second-order valence-electron chi connectivity index (χ2n) is 3.01. The molecular weight excluding hydrogens is 178 g/mol. The molecule has 3 heteroatoms. The van der Waals surface area contributed by atoms with Gasteiger partial charge in [-0.05, 0) is 6.07 Å². The summed E-state index contributed by atoms with van der Waals surface area (Å²) in [5.41, 5.74) is 1.15. The molecule has 2 heterocycles. The van der Waals surface area contributed by atoms with Crippen LogP contribution in [0.15, 0.2) is 12.1 Å². The lowest BCUT2D eigenvalue weighted by Gasteiger charge is -2.04. The molecule has 0 spiro atoms. The fraction of sp³-hybridized carbons (Fsp3) is 0.364. The first-order valence-corrected chi connectivity index (χ1v) is 4.59. The standard InChI is InChI=1S/C11H11NO2/c1-2-3-7-13-10-5-4-9-6-8-14-11(9)12-10/h1,4-5H,3,6-8H2. The predicted octanol–water partition coefficient (Wildman–Crippen LogP) is 1.42. The van der Waals surface area contributed by atoms with E-state index in [1.165, 1.54) is 0 Å². The van der Waals surface area contributed by atoms with Crippen molar-refractivity contribution in [1.82, 2.24) is 4.98 Å². The zero-order chi connectivity index (χ0) is 9.80. The van der Waals surface area contributed by atoms with Crippen molar-refractivity contribution in [3.8, 4) is 24.1 Å². The molecule has 1 aliphatic rings. The molecule has 14 heavy (non-hydrogen) atoms. The Morgan fingerprint density at radius 2 is 2.50 bits per heavy atom. The second kappa shape index (κ2) is 4.01. The lowest BCUT2D eigenvalue weighted by Crippen LogP contribution is -1.98. The molecule has 1 aromatic heterocycles. The van der Waals surface area contributed by atoms with Crippen molar-refractivity contribution in [1.29, 1.82) is 0 Å². The number of terminal acetylenes is 1. The van der Waals surface area contributed by atoms with Crippen LogP contribution in [0.5, 0.6) is 11.8 Å². The van der Waals surface area contributed by atoms with Crippen LogP contribution in [-0.4, -0.2) is 18.2 Å². The Kier molecular flexibility index (Phi) is 2.55. The molecule has 0 saturated heterocycles. The van der Waals surface area contributed by atoms with Gasteiger partial charge in [-0.25, -0.2) is 0 Å². The summed E-state index contributed by atoms with van der Waals surface area (Å²) in [6.45, 7) is 1.22. The van der Waals surface area contributed by atoms with E-state index in [9.17, 15) is 0 Å². The summed E-state index contributed by atoms with van der Waals surface area (Å²) >= 11 is 0. The van der Waals surface area contributed by atoms with Crippen molar-refractivity contribution >= 4 is 0 Å². The van der Waals surface area contributed by atoms with Gasteiger partial charge in [0.25, 0.3) is 0 Å². The lowest BCUT2D eigenvalue weighted by molar-refractivity contribution is 0.300. The maximum absolute atomic E-state index is 5.34. The number of nitrogens with zero attached hydrogens (tertiary/aromatic N) is 1. The summed E-state index contributed by atoms with van der Waals surface area (Å²) in [5, 5.41) is 0. The number of aromatic nitrogens is 1. The SMILES string of the molecule is C#CCCOc1ccc2c(n1)OCC2. The summed E-state index contributed by atoms with van der Waals surface area (Å²) in [6.07, 6.45) is 6.64. The van der Waals surface area contributed by atoms with E-state index in [0.717, 1.165) is 18.6 Å². The monoisotopic (exact) mass is 189 g/mol. The van der Waals surface area contributed by atoms with E-state index in [2.05, 4.69) is 10.9 Å². The Morgan fingerprint density at radius 1 is 1.57 bits per heavy atom. The Bertz CT molecular complexity index is 368. The average Bonchev–Trinajstić information content (AvgIpc) is 2.65. The zero-order valence-corrected chi connectivity index (χ0v) is 7.82. The number of fused-ring (bicyclic) bond motifs is 1. The molecule has 0 fully saturated rings. The third-order valence-corrected chi connectivity index (χ3v) is 2.02. The zero-order valence-electron chi connectivity index (χ0n) is 7.82. The van der Waals surface area contributed by atoms with Gasteiger partial charge in [0.2, 0.25) is 11.8 Å². The molecule has 2 rings (SSSR count). The first kappa shape index (κ1) is 8.89. The van der Waals surface area contributed by atoms with Gasteiger partial charge in [-0.3, -0.25) is 0 Å². The van der Waals surface area contributed by atoms with Crippen molar-refractivity contribution < 1.29 is 9.47 Å². The number of hydrogen-bond acceptors (Lipinski definition) is 3. The van der Waals surface area contributed by atoms with Crippen molar-refractivity contribution in [3.63, 3.8) is 0 Å². The minimum absolute atomic E-state index is 0.502. The third-order valence-electron chi connectivity index (χ3n) is 2.02. The first-order chi connectivity index (χ1) is 6.90. The highest BCUT2D eigenvalue weighted by molar-refractivity contribution is 5.33. The fourth-order valence-corrected chi connectivity index (χ4v) is 1.32. The lowest BCUT2D eigenvalue weighted by atomic mass is 10.2. The van der Waals surface area contributed by atoms with E-state index >= 15 is 0 Å².